The Bertz CT molecular complexity index is 634. The summed E-state index contributed by atoms with van der Waals surface area (Å²) < 4.78 is 1.23. The number of hydrogen-bond acceptors (Lipinski definition) is 6. The van der Waals surface area contributed by atoms with Crippen molar-refractivity contribution in [2.45, 2.75) is 6.92 Å². The van der Waals surface area contributed by atoms with Gasteiger partial charge in [0.15, 0.2) is 11.6 Å². The Balaban J connectivity index is 2.60. The van der Waals surface area contributed by atoms with Crippen molar-refractivity contribution in [3.63, 3.8) is 0 Å². The minimum absolute atomic E-state index is 0.00934. The van der Waals surface area contributed by atoms with E-state index in [0.29, 0.717) is 11.3 Å². The molecular formula is C10H9N5O3. The van der Waals surface area contributed by atoms with Crippen LogP contribution >= 0.6 is 0 Å². The van der Waals surface area contributed by atoms with Gasteiger partial charge in [-0.2, -0.15) is 5.10 Å². The molecule has 0 spiro atoms. The standard InChI is InChI=1S/C10H9N5O3/c1-5-7(16)4-11-9(13-5)6-3-12-15(2)8(6)10(17)14-18/h3-4,16H,1-2H3. The van der Waals surface area contributed by atoms with Crippen LogP contribution in [0, 0.1) is 11.8 Å². The summed E-state index contributed by atoms with van der Waals surface area (Å²) in [6.45, 7) is 1.59. The number of aromatic hydroxyl groups is 1. The smallest absolute Gasteiger partial charge is 0.335 e. The highest BCUT2D eigenvalue weighted by atomic mass is 16.3. The van der Waals surface area contributed by atoms with Crippen LogP contribution in [0.3, 0.4) is 0 Å². The third-order valence-corrected chi connectivity index (χ3v) is 2.42. The first-order chi connectivity index (χ1) is 8.54. The summed E-state index contributed by atoms with van der Waals surface area (Å²) in [6, 6.07) is 0. The monoisotopic (exact) mass is 247 g/mol. The fraction of sp³-hybridized carbons (Fsp3) is 0.200. The Kier molecular flexibility index (Phi) is 2.84. The summed E-state index contributed by atoms with van der Waals surface area (Å²) in [5.74, 6) is -0.797. The number of carbonyl (C=O) groups excluding carboxylic acids is 1. The molecule has 0 bridgehead atoms. The largest absolute Gasteiger partial charge is 0.504 e. The predicted octanol–water partition coefficient (Wildman–Crippen LogP) is 0.798. The average Bonchev–Trinajstić information content (AvgIpc) is 2.74. The first-order valence-electron chi connectivity index (χ1n) is 4.97. The summed E-state index contributed by atoms with van der Waals surface area (Å²) >= 11 is 0. The summed E-state index contributed by atoms with van der Waals surface area (Å²) in [6.07, 6.45) is 2.58. The number of nitrogens with zero attached hydrogens (tertiary/aromatic N) is 5. The van der Waals surface area contributed by atoms with Gasteiger partial charge >= 0.3 is 5.91 Å². The molecule has 2 aromatic rings. The van der Waals surface area contributed by atoms with Crippen LogP contribution in [0.4, 0.5) is 0 Å². The normalized spacial score (nSPS) is 10.3. The first kappa shape index (κ1) is 11.8. The molecule has 2 heterocycles. The number of nitroso groups, excluding NO2 is 1. The maximum absolute atomic E-state index is 11.4. The number of aryl methyl sites for hydroxylation is 2. The minimum atomic E-state index is -0.945. The van der Waals surface area contributed by atoms with Crippen molar-refractivity contribution in [2.75, 3.05) is 0 Å². The van der Waals surface area contributed by atoms with Crippen LogP contribution in [0.25, 0.3) is 11.4 Å². The Morgan fingerprint density at radius 2 is 2.17 bits per heavy atom. The highest BCUT2D eigenvalue weighted by molar-refractivity contribution is 5.98. The van der Waals surface area contributed by atoms with Gasteiger partial charge in [0.2, 0.25) is 0 Å². The summed E-state index contributed by atoms with van der Waals surface area (Å²) in [5.41, 5.74) is 0.668. The van der Waals surface area contributed by atoms with E-state index in [-0.39, 0.29) is 17.3 Å². The van der Waals surface area contributed by atoms with Crippen LogP contribution in [0.2, 0.25) is 0 Å². The molecule has 1 amide bonds. The topological polar surface area (TPSA) is 110 Å². The van der Waals surface area contributed by atoms with Crippen molar-refractivity contribution in [1.29, 1.82) is 0 Å². The van der Waals surface area contributed by atoms with Crippen LogP contribution < -0.4 is 0 Å². The maximum atomic E-state index is 11.4. The molecule has 0 unspecified atom stereocenters. The third-order valence-electron chi connectivity index (χ3n) is 2.42. The Morgan fingerprint density at radius 1 is 1.44 bits per heavy atom. The maximum Gasteiger partial charge on any atom is 0.335 e. The molecule has 0 saturated carbocycles. The van der Waals surface area contributed by atoms with Gasteiger partial charge in [-0.3, -0.25) is 9.48 Å². The van der Waals surface area contributed by atoms with Crippen molar-refractivity contribution in [2.24, 2.45) is 12.2 Å². The van der Waals surface area contributed by atoms with Gasteiger partial charge < -0.3 is 5.11 Å². The van der Waals surface area contributed by atoms with Gasteiger partial charge in [0.1, 0.15) is 5.69 Å². The molecule has 0 saturated heterocycles. The van der Waals surface area contributed by atoms with Crippen molar-refractivity contribution < 1.29 is 9.90 Å². The summed E-state index contributed by atoms with van der Waals surface area (Å²) in [5, 5.41) is 15.6. The van der Waals surface area contributed by atoms with Gasteiger partial charge in [0.05, 0.1) is 23.7 Å². The Morgan fingerprint density at radius 3 is 2.78 bits per heavy atom. The van der Waals surface area contributed by atoms with Crippen molar-refractivity contribution in [3.8, 4) is 17.1 Å². The SMILES string of the molecule is Cc1nc(-c2cnn(C)c2C(=O)N=O)ncc1O. The van der Waals surface area contributed by atoms with Crippen molar-refractivity contribution in [1.82, 2.24) is 19.7 Å². The van der Waals surface area contributed by atoms with E-state index in [0.717, 1.165) is 0 Å². The van der Waals surface area contributed by atoms with Gasteiger partial charge in [0, 0.05) is 12.2 Å². The van der Waals surface area contributed by atoms with E-state index in [1.165, 1.54) is 24.1 Å². The lowest BCUT2D eigenvalue weighted by molar-refractivity contribution is 0.0992. The molecule has 1 N–H and O–H groups in total. The van der Waals surface area contributed by atoms with Crippen LogP contribution in [0.1, 0.15) is 16.2 Å². The molecule has 8 heteroatoms. The molecule has 0 aliphatic carbocycles. The Hall–Kier alpha value is -2.64. The number of rotatable bonds is 2. The summed E-state index contributed by atoms with van der Waals surface area (Å²) in [7, 11) is 1.51. The summed E-state index contributed by atoms with van der Waals surface area (Å²) in [4.78, 5) is 29.6. The second-order valence-electron chi connectivity index (χ2n) is 3.59. The molecule has 0 atom stereocenters. The van der Waals surface area contributed by atoms with Crippen molar-refractivity contribution in [3.05, 3.63) is 28.7 Å². The number of amides is 1. The van der Waals surface area contributed by atoms with Gasteiger partial charge in [-0.25, -0.2) is 9.97 Å². The molecule has 0 fully saturated rings. The molecule has 18 heavy (non-hydrogen) atoms. The quantitative estimate of drug-likeness (QED) is 0.785. The van der Waals surface area contributed by atoms with E-state index in [9.17, 15) is 14.8 Å². The zero-order valence-corrected chi connectivity index (χ0v) is 9.65. The minimum Gasteiger partial charge on any atom is -0.504 e. The fourth-order valence-corrected chi connectivity index (χ4v) is 1.49. The number of hydrogen-bond donors (Lipinski definition) is 1. The van der Waals surface area contributed by atoms with Crippen LogP contribution in [-0.2, 0) is 7.05 Å². The molecular weight excluding hydrogens is 238 g/mol. The zero-order chi connectivity index (χ0) is 13.3. The van der Waals surface area contributed by atoms with Gasteiger partial charge in [-0.05, 0) is 6.92 Å². The van der Waals surface area contributed by atoms with E-state index < -0.39 is 5.91 Å². The molecule has 8 nitrogen and oxygen atoms in total. The zero-order valence-electron chi connectivity index (χ0n) is 9.65. The molecule has 0 aromatic carbocycles. The van der Waals surface area contributed by atoms with Crippen LogP contribution in [-0.4, -0.2) is 30.8 Å². The predicted molar refractivity (Wildman–Crippen MR) is 60.8 cm³/mol. The highest BCUT2D eigenvalue weighted by Gasteiger charge is 2.20. The van der Waals surface area contributed by atoms with E-state index in [1.54, 1.807) is 6.92 Å². The van der Waals surface area contributed by atoms with E-state index in [2.05, 4.69) is 20.2 Å². The second kappa shape index (κ2) is 4.32. The number of aromatic nitrogens is 4. The molecule has 0 radical (unpaired) electrons. The van der Waals surface area contributed by atoms with Crippen LogP contribution in [0.5, 0.6) is 5.75 Å². The van der Waals surface area contributed by atoms with Crippen LogP contribution in [0.15, 0.2) is 17.6 Å². The molecule has 0 aliphatic rings. The fourth-order valence-electron chi connectivity index (χ4n) is 1.49. The highest BCUT2D eigenvalue weighted by Crippen LogP contribution is 2.22. The molecule has 92 valence electrons. The van der Waals surface area contributed by atoms with Gasteiger partial charge in [-0.1, -0.05) is 0 Å². The van der Waals surface area contributed by atoms with E-state index >= 15 is 0 Å². The molecule has 2 aromatic heterocycles. The van der Waals surface area contributed by atoms with Gasteiger partial charge in [0.25, 0.3) is 0 Å². The first-order valence-corrected chi connectivity index (χ1v) is 4.97. The van der Waals surface area contributed by atoms with Gasteiger partial charge in [-0.15, -0.1) is 4.91 Å². The molecule has 0 aliphatic heterocycles. The Labute approximate surface area is 101 Å². The second-order valence-corrected chi connectivity index (χ2v) is 3.59. The lowest BCUT2D eigenvalue weighted by atomic mass is 10.2. The lowest BCUT2D eigenvalue weighted by Crippen LogP contribution is -2.06. The van der Waals surface area contributed by atoms with Crippen molar-refractivity contribution >= 4 is 5.91 Å². The third kappa shape index (κ3) is 1.83. The molecule has 2 rings (SSSR count). The van der Waals surface area contributed by atoms with E-state index in [4.69, 9.17) is 0 Å². The number of carbonyl (C=O) groups is 1. The average molecular weight is 247 g/mol. The lowest BCUT2D eigenvalue weighted by Gasteiger charge is -2.02. The van der Waals surface area contributed by atoms with E-state index in [1.807, 2.05) is 0 Å².